The Balaban J connectivity index is 2.60. The molecule has 1 heterocycles. The smallest absolute Gasteiger partial charge is 0.161 e. The van der Waals surface area contributed by atoms with Crippen LogP contribution >= 0.6 is 23.4 Å². The van der Waals surface area contributed by atoms with Crippen LogP contribution in [0.4, 0.5) is 8.78 Å². The Bertz CT molecular complexity index is 610. The first-order valence-corrected chi connectivity index (χ1v) is 7.59. The Morgan fingerprint density at radius 1 is 1.32 bits per heavy atom. The molecule has 0 saturated carbocycles. The Morgan fingerprint density at radius 3 is 2.53 bits per heavy atom. The lowest BCUT2D eigenvalue weighted by Gasteiger charge is -2.24. The molecule has 0 bridgehead atoms. The van der Waals surface area contributed by atoms with Gasteiger partial charge in [-0.3, -0.25) is 0 Å². The van der Waals surface area contributed by atoms with Crippen LogP contribution in [-0.4, -0.2) is 20.6 Å². The van der Waals surface area contributed by atoms with Crippen LogP contribution in [0.5, 0.6) is 0 Å². The number of hydrogen-bond donors (Lipinski definition) is 0. The highest BCUT2D eigenvalue weighted by molar-refractivity contribution is 7.99. The zero-order chi connectivity index (χ0) is 14.2. The number of alkyl halides is 1. The predicted octanol–water partition coefficient (Wildman–Crippen LogP) is 4.19. The average Bonchev–Trinajstić information content (AvgIpc) is 2.67. The molecule has 0 radical (unpaired) electrons. The third kappa shape index (κ3) is 2.87. The fourth-order valence-corrected chi connectivity index (χ4v) is 2.36. The standard InChI is InChI=1S/C13H15ClF2N2S/c1-13(2,19-3)7-18-11-5-9(16)8(15)4-10(11)17-12(18)6-14/h4-5H,6-7H2,1-3H3. The van der Waals surface area contributed by atoms with Crippen molar-refractivity contribution in [1.82, 2.24) is 9.55 Å². The van der Waals surface area contributed by atoms with Crippen LogP contribution in [0, 0.1) is 11.6 Å². The van der Waals surface area contributed by atoms with E-state index in [4.69, 9.17) is 11.6 Å². The van der Waals surface area contributed by atoms with Crippen LogP contribution in [0.3, 0.4) is 0 Å². The lowest BCUT2D eigenvalue weighted by molar-refractivity contribution is 0.509. The maximum atomic E-state index is 13.4. The molecule has 0 N–H and O–H groups in total. The molecule has 1 aromatic carbocycles. The average molecular weight is 305 g/mol. The van der Waals surface area contributed by atoms with E-state index in [0.29, 0.717) is 23.4 Å². The molecule has 0 amide bonds. The van der Waals surface area contributed by atoms with Gasteiger partial charge < -0.3 is 4.57 Å². The van der Waals surface area contributed by atoms with E-state index >= 15 is 0 Å². The monoisotopic (exact) mass is 304 g/mol. The number of benzene rings is 1. The number of fused-ring (bicyclic) bond motifs is 1. The quantitative estimate of drug-likeness (QED) is 0.788. The molecule has 2 nitrogen and oxygen atoms in total. The first kappa shape index (κ1) is 14.6. The van der Waals surface area contributed by atoms with Gasteiger partial charge in [-0.05, 0) is 20.1 Å². The SMILES string of the molecule is CSC(C)(C)Cn1c(CCl)nc2cc(F)c(F)cc21. The topological polar surface area (TPSA) is 17.8 Å². The van der Waals surface area contributed by atoms with Gasteiger partial charge in [0.1, 0.15) is 5.82 Å². The molecule has 1 aromatic heterocycles. The summed E-state index contributed by atoms with van der Waals surface area (Å²) in [4.78, 5) is 4.27. The van der Waals surface area contributed by atoms with Gasteiger partial charge in [-0.15, -0.1) is 11.6 Å². The van der Waals surface area contributed by atoms with Gasteiger partial charge in [0.25, 0.3) is 0 Å². The van der Waals surface area contributed by atoms with Crippen molar-refractivity contribution in [2.45, 2.75) is 31.0 Å². The Morgan fingerprint density at radius 2 is 1.95 bits per heavy atom. The summed E-state index contributed by atoms with van der Waals surface area (Å²) in [6.07, 6.45) is 2.01. The van der Waals surface area contributed by atoms with Crippen molar-refractivity contribution >= 4 is 34.4 Å². The normalized spacial score (nSPS) is 12.3. The van der Waals surface area contributed by atoms with E-state index in [9.17, 15) is 8.78 Å². The van der Waals surface area contributed by atoms with Gasteiger partial charge in [0, 0.05) is 23.4 Å². The molecule has 19 heavy (non-hydrogen) atoms. The molecular weight excluding hydrogens is 290 g/mol. The van der Waals surface area contributed by atoms with Crippen molar-refractivity contribution < 1.29 is 8.78 Å². The molecule has 0 saturated heterocycles. The third-order valence-corrected chi connectivity index (χ3v) is 4.55. The van der Waals surface area contributed by atoms with Gasteiger partial charge in [0.2, 0.25) is 0 Å². The molecule has 2 rings (SSSR count). The lowest BCUT2D eigenvalue weighted by atomic mass is 10.2. The fourth-order valence-electron chi connectivity index (χ4n) is 1.89. The highest BCUT2D eigenvalue weighted by Gasteiger charge is 2.21. The Kier molecular flexibility index (Phi) is 4.06. The minimum atomic E-state index is -0.887. The molecule has 0 spiro atoms. The molecule has 2 aromatic rings. The number of halogens is 3. The van der Waals surface area contributed by atoms with Gasteiger partial charge in [-0.1, -0.05) is 0 Å². The molecule has 0 aliphatic rings. The maximum Gasteiger partial charge on any atom is 0.161 e. The summed E-state index contributed by atoms with van der Waals surface area (Å²) in [5.41, 5.74) is 1.02. The minimum absolute atomic E-state index is 0.0424. The highest BCUT2D eigenvalue weighted by Crippen LogP contribution is 2.28. The summed E-state index contributed by atoms with van der Waals surface area (Å²) in [5, 5.41) is 0. The number of hydrogen-bond acceptors (Lipinski definition) is 2. The maximum absolute atomic E-state index is 13.4. The minimum Gasteiger partial charge on any atom is -0.326 e. The van der Waals surface area contributed by atoms with Crippen LogP contribution in [0.15, 0.2) is 12.1 Å². The van der Waals surface area contributed by atoms with Crippen molar-refractivity contribution in [3.05, 3.63) is 29.6 Å². The van der Waals surface area contributed by atoms with Gasteiger partial charge in [0.15, 0.2) is 11.6 Å². The zero-order valence-electron chi connectivity index (χ0n) is 11.0. The second kappa shape index (κ2) is 5.29. The molecule has 6 heteroatoms. The first-order chi connectivity index (χ1) is 8.88. The van der Waals surface area contributed by atoms with Gasteiger partial charge >= 0.3 is 0 Å². The summed E-state index contributed by atoms with van der Waals surface area (Å²) in [7, 11) is 0. The van der Waals surface area contributed by atoms with Crippen LogP contribution in [0.1, 0.15) is 19.7 Å². The molecule has 0 aliphatic carbocycles. The van der Waals surface area contributed by atoms with Crippen molar-refractivity contribution in [2.24, 2.45) is 0 Å². The van der Waals surface area contributed by atoms with E-state index < -0.39 is 11.6 Å². The fraction of sp³-hybridized carbons (Fsp3) is 0.462. The van der Waals surface area contributed by atoms with Crippen molar-refractivity contribution in [3.8, 4) is 0 Å². The summed E-state index contributed by atoms with van der Waals surface area (Å²) >= 11 is 7.58. The summed E-state index contributed by atoms with van der Waals surface area (Å²) in [6.45, 7) is 4.81. The second-order valence-corrected chi connectivity index (χ2v) is 6.75. The van der Waals surface area contributed by atoms with Crippen LogP contribution in [0.25, 0.3) is 11.0 Å². The third-order valence-electron chi connectivity index (χ3n) is 3.08. The second-order valence-electron chi connectivity index (χ2n) is 4.97. The lowest BCUT2D eigenvalue weighted by Crippen LogP contribution is -2.23. The molecule has 0 fully saturated rings. The summed E-state index contributed by atoms with van der Waals surface area (Å²) < 4.78 is 28.5. The molecular formula is C13H15ClF2N2S. The Labute approximate surface area is 120 Å². The van der Waals surface area contributed by atoms with E-state index in [0.717, 1.165) is 6.07 Å². The van der Waals surface area contributed by atoms with Crippen molar-refractivity contribution in [1.29, 1.82) is 0 Å². The van der Waals surface area contributed by atoms with E-state index in [2.05, 4.69) is 18.8 Å². The summed E-state index contributed by atoms with van der Waals surface area (Å²) in [6, 6.07) is 2.30. The van der Waals surface area contributed by atoms with E-state index in [1.807, 2.05) is 10.8 Å². The summed E-state index contributed by atoms with van der Waals surface area (Å²) in [5.74, 6) is -0.912. The highest BCUT2D eigenvalue weighted by atomic mass is 35.5. The molecule has 0 atom stereocenters. The van der Waals surface area contributed by atoms with Gasteiger partial charge in [-0.2, -0.15) is 11.8 Å². The predicted molar refractivity (Wildman–Crippen MR) is 76.8 cm³/mol. The number of thioether (sulfide) groups is 1. The van der Waals surface area contributed by atoms with E-state index in [-0.39, 0.29) is 10.6 Å². The van der Waals surface area contributed by atoms with Crippen LogP contribution < -0.4 is 0 Å². The molecule has 0 aliphatic heterocycles. The Hall–Kier alpha value is -0.810. The number of imidazole rings is 1. The van der Waals surface area contributed by atoms with Crippen LogP contribution in [0.2, 0.25) is 0 Å². The first-order valence-electron chi connectivity index (χ1n) is 5.83. The number of nitrogens with zero attached hydrogens (tertiary/aromatic N) is 2. The van der Waals surface area contributed by atoms with Gasteiger partial charge in [0.05, 0.1) is 16.9 Å². The number of rotatable bonds is 4. The zero-order valence-corrected chi connectivity index (χ0v) is 12.6. The number of aromatic nitrogens is 2. The molecule has 0 unspecified atom stereocenters. The van der Waals surface area contributed by atoms with Crippen LogP contribution in [-0.2, 0) is 12.4 Å². The van der Waals surface area contributed by atoms with Gasteiger partial charge in [-0.25, -0.2) is 13.8 Å². The van der Waals surface area contributed by atoms with E-state index in [1.54, 1.807) is 11.8 Å². The molecule has 104 valence electrons. The van der Waals surface area contributed by atoms with Crippen molar-refractivity contribution in [3.63, 3.8) is 0 Å². The largest absolute Gasteiger partial charge is 0.326 e. The van der Waals surface area contributed by atoms with Crippen molar-refractivity contribution in [2.75, 3.05) is 6.26 Å². The van der Waals surface area contributed by atoms with E-state index in [1.165, 1.54) is 6.07 Å².